The van der Waals surface area contributed by atoms with Crippen LogP contribution < -0.4 is 90.2 Å². The number of carbonyl (C=O) groups is 8. The van der Waals surface area contributed by atoms with Crippen LogP contribution in [0, 0.1) is 0 Å². The zero-order valence-corrected chi connectivity index (χ0v) is 78.0. The summed E-state index contributed by atoms with van der Waals surface area (Å²) in [5.74, 6) is -3.98. The van der Waals surface area contributed by atoms with Crippen molar-refractivity contribution >= 4 is 62.8 Å². The van der Waals surface area contributed by atoms with Gasteiger partial charge in [0.15, 0.2) is 0 Å². The second-order valence-electron chi connectivity index (χ2n) is 29.9. The first-order valence-electron chi connectivity index (χ1n) is 43.9. The number of phosphoric ester groups is 2. The molecule has 0 radical (unpaired) electrons. The van der Waals surface area contributed by atoms with E-state index in [4.69, 9.17) is 37.0 Å². The van der Waals surface area contributed by atoms with E-state index < -0.39 is 109 Å². The Kier molecular flexibility index (Phi) is 84.9. The topological polar surface area (TPSA) is 339 Å². The number of ketones is 2. The van der Waals surface area contributed by atoms with Gasteiger partial charge in [0.1, 0.15) is 30.2 Å². The number of rotatable bonds is 84. The molecule has 0 aromatic carbocycles. The molecule has 648 valence electrons. The average Bonchev–Trinajstić information content (AvgIpc) is 0.908. The summed E-state index contributed by atoms with van der Waals surface area (Å²) in [6.07, 6.45) is 53.3. The van der Waals surface area contributed by atoms with Gasteiger partial charge in [0.2, 0.25) is 23.6 Å². The Morgan fingerprint density at radius 3 is 0.938 bits per heavy atom. The summed E-state index contributed by atoms with van der Waals surface area (Å²) in [4.78, 5) is 130. The van der Waals surface area contributed by atoms with Crippen LogP contribution in [0.4, 0.5) is 0 Å². The number of ether oxygens (including phenoxy) is 4. The molecule has 0 bridgehead atoms. The van der Waals surface area contributed by atoms with Gasteiger partial charge in [-0.05, 0) is 89.9 Å². The van der Waals surface area contributed by atoms with Crippen molar-refractivity contribution in [3.63, 3.8) is 0 Å². The normalized spacial score (nSPS) is 13.6. The summed E-state index contributed by atoms with van der Waals surface area (Å²) in [5, 5.41) is 10.1. The molecule has 0 aliphatic heterocycles. The number of amides is 4. The third-order valence-corrected chi connectivity index (χ3v) is 21.0. The number of unbranched alkanes of at least 4 members (excludes halogenated alkanes) is 34. The maximum Gasteiger partial charge on any atom is 1.00 e. The molecule has 4 amide bonds. The van der Waals surface area contributed by atoms with E-state index in [2.05, 4.69) is 87.1 Å². The van der Waals surface area contributed by atoms with E-state index in [1.807, 2.05) is 0 Å². The van der Waals surface area contributed by atoms with Crippen molar-refractivity contribution in [2.24, 2.45) is 0 Å². The van der Waals surface area contributed by atoms with Crippen molar-refractivity contribution in [1.82, 2.24) is 21.3 Å². The van der Waals surface area contributed by atoms with E-state index in [-0.39, 0.29) is 148 Å². The number of Topliss-reactive ketones (excluding diaryl/α,β-unsaturated/α-hetero) is 2. The second kappa shape index (κ2) is 83.4. The van der Waals surface area contributed by atoms with Gasteiger partial charge in [0, 0.05) is 51.6 Å². The van der Waals surface area contributed by atoms with Crippen molar-refractivity contribution in [2.45, 2.75) is 406 Å². The van der Waals surface area contributed by atoms with Crippen molar-refractivity contribution in [1.29, 1.82) is 0 Å². The number of nitrogens with one attached hydrogen (secondary N) is 4. The van der Waals surface area contributed by atoms with E-state index >= 15 is 0 Å². The van der Waals surface area contributed by atoms with Crippen LogP contribution in [-0.4, -0.2) is 137 Å². The summed E-state index contributed by atoms with van der Waals surface area (Å²) >= 11 is 0. The Bertz CT molecular complexity index is 2340. The maximum atomic E-state index is 13.2. The number of carbonyl (C=O) groups excluding carboxylic acids is 8. The Balaban J connectivity index is -0.0000605. The molecule has 6 atom stereocenters. The SMILES string of the molecule is CCCCCC/C=C/CCCC(=O)O[C@H](CCCCCCC)CCOC[C@H](COP(=O)([O-])OCCNC(=O)CC(=O)NCCOP(=O)([O-])OC[C@@H](COCC[C@@H](CCCCCCC)OC(=O)CCC/C=C/CCCCCC)NC(=O)CC(=O)CCCCCCCCCCC)NC(=O)CC(=O)CCCCCCCCCCC.[Na+].[Na+]. The molecule has 0 heterocycles. The molecule has 0 aromatic rings. The van der Waals surface area contributed by atoms with Gasteiger partial charge in [-0.3, -0.25) is 47.5 Å². The van der Waals surface area contributed by atoms with Crippen LogP contribution in [0.15, 0.2) is 24.3 Å². The van der Waals surface area contributed by atoms with E-state index in [1.165, 1.54) is 89.9 Å². The predicted octanol–water partition coefficient (Wildman–Crippen LogP) is 12.1. The van der Waals surface area contributed by atoms with Crippen molar-refractivity contribution in [2.75, 3.05) is 65.9 Å². The second-order valence-corrected chi connectivity index (χ2v) is 32.8. The van der Waals surface area contributed by atoms with Gasteiger partial charge in [-0.25, -0.2) is 0 Å². The molecule has 0 spiro atoms. The zero-order chi connectivity index (χ0) is 81.8. The molecule has 0 saturated carbocycles. The maximum absolute atomic E-state index is 13.2. The number of phosphoric acid groups is 2. The van der Waals surface area contributed by atoms with E-state index in [0.717, 1.165) is 154 Å². The zero-order valence-electron chi connectivity index (χ0n) is 72.2. The fourth-order valence-corrected chi connectivity index (χ4v) is 14.0. The third-order valence-electron chi connectivity index (χ3n) is 19.0. The average molecular weight is 1660 g/mol. The van der Waals surface area contributed by atoms with Gasteiger partial charge in [0.25, 0.3) is 15.6 Å². The summed E-state index contributed by atoms with van der Waals surface area (Å²) < 4.78 is 70.2. The van der Waals surface area contributed by atoms with Gasteiger partial charge in [-0.1, -0.05) is 258 Å². The van der Waals surface area contributed by atoms with E-state index in [0.29, 0.717) is 51.4 Å². The summed E-state index contributed by atoms with van der Waals surface area (Å²) in [6, 6.07) is -2.09. The Morgan fingerprint density at radius 2 is 0.611 bits per heavy atom. The van der Waals surface area contributed by atoms with Gasteiger partial charge in [-0.2, -0.15) is 0 Å². The van der Waals surface area contributed by atoms with Crippen LogP contribution in [0.3, 0.4) is 0 Å². The van der Waals surface area contributed by atoms with E-state index in [1.54, 1.807) is 0 Å². The molecular weight excluding hydrogens is 1500 g/mol. The van der Waals surface area contributed by atoms with Crippen molar-refractivity contribution < 1.29 is 153 Å². The quantitative estimate of drug-likeness (QED) is 0.0110. The predicted molar refractivity (Wildman–Crippen MR) is 437 cm³/mol. The van der Waals surface area contributed by atoms with E-state index in [9.17, 15) is 57.3 Å². The van der Waals surface area contributed by atoms with Gasteiger partial charge in [-0.15, -0.1) is 0 Å². The van der Waals surface area contributed by atoms with Gasteiger partial charge in [0.05, 0.1) is 77.8 Å². The molecule has 28 heteroatoms. The molecule has 0 aliphatic carbocycles. The number of esters is 2. The monoisotopic (exact) mass is 1660 g/mol. The van der Waals surface area contributed by atoms with Crippen LogP contribution in [0.2, 0.25) is 0 Å². The molecule has 0 saturated heterocycles. The van der Waals surface area contributed by atoms with Crippen molar-refractivity contribution in [3.8, 4) is 0 Å². The minimum absolute atomic E-state index is 0. The summed E-state index contributed by atoms with van der Waals surface area (Å²) in [6.45, 7) is 9.63. The summed E-state index contributed by atoms with van der Waals surface area (Å²) in [5.41, 5.74) is 0. The first kappa shape index (κ1) is 115. The molecule has 0 aliphatic rings. The molecule has 113 heavy (non-hydrogen) atoms. The van der Waals surface area contributed by atoms with Crippen LogP contribution in [0.25, 0.3) is 0 Å². The van der Waals surface area contributed by atoms with Gasteiger partial charge < -0.3 is 68.1 Å². The largest absolute Gasteiger partial charge is 1.00 e. The van der Waals surface area contributed by atoms with Crippen LogP contribution in [-0.2, 0) is 84.5 Å². The number of hydrogen-bond acceptors (Lipinski definition) is 20. The fraction of sp³-hybridized carbons (Fsp3) is 0.859. The molecule has 2 unspecified atom stereocenters. The smallest absolute Gasteiger partial charge is 0.756 e. The van der Waals surface area contributed by atoms with Crippen LogP contribution >= 0.6 is 15.6 Å². The molecule has 0 rings (SSSR count). The number of allylic oxidation sites excluding steroid dienone is 4. The molecule has 0 aromatic heterocycles. The molecule has 4 N–H and O–H groups in total. The Hall–Kier alpha value is -2.22. The number of hydrogen-bond donors (Lipinski definition) is 4. The molecule has 24 nitrogen and oxygen atoms in total. The fourth-order valence-electron chi connectivity index (χ4n) is 12.4. The first-order valence-corrected chi connectivity index (χ1v) is 46.8. The minimum Gasteiger partial charge on any atom is -0.756 e. The van der Waals surface area contributed by atoms with Crippen LogP contribution in [0.1, 0.15) is 382 Å². The minimum atomic E-state index is -5.08. The van der Waals surface area contributed by atoms with Gasteiger partial charge >= 0.3 is 71.1 Å². The first-order chi connectivity index (χ1) is 53.7. The Labute approximate surface area is 728 Å². The van der Waals surface area contributed by atoms with Crippen LogP contribution in [0.5, 0.6) is 0 Å². The molecule has 0 fully saturated rings. The molecular formula is C85H156N4Na2O20P2. The third kappa shape index (κ3) is 80.6. The Morgan fingerprint density at radius 1 is 0.319 bits per heavy atom. The van der Waals surface area contributed by atoms with Crippen molar-refractivity contribution in [3.05, 3.63) is 24.3 Å². The standard InChI is InChI=1S/C85H158N4O20P2.2Na/c1-7-13-19-25-29-33-37-43-47-53-76(90)67-82(94)88-74(70-102-63-59-78(55-49-41-23-17-11-5)108-84(96)57-51-45-39-35-31-27-21-15-9-3)72-106-110(98,99)104-65-61-86-80(92)69-81(93)87-62-66-105-111(100,101)107-73-75(89-83(95)68-77(91)54-48-44-38-34-30-26-20-14-8-2)71-103-64-60-79(56-50-42-24-18-12-6)109-85(97)58-52-46-40-36-32-28-22-16-10-4;;/h35-36,39-40,74-75,78-79H,7-34,37-38,41-73H2,1-6H3,(H,86,92)(H,87,93)(H,88,94)(H,89,95)(H,98,99)(H,100,101);;/q;2*+1/p-2/b39-35+,40-36+;;/t74-,75-,78-,79-;;/m1../s1. The summed E-state index contributed by atoms with van der Waals surface area (Å²) in [7, 11) is -10.2.